The lowest BCUT2D eigenvalue weighted by Gasteiger charge is -2.24. The van der Waals surface area contributed by atoms with Crippen LogP contribution in [0.15, 0.2) is 66.7 Å². The van der Waals surface area contributed by atoms with Crippen LogP contribution in [0.25, 0.3) is 0 Å². The number of ether oxygens (including phenoxy) is 2. The molecule has 1 amide bonds. The van der Waals surface area contributed by atoms with Gasteiger partial charge in [-0.3, -0.25) is 9.59 Å². The Labute approximate surface area is 210 Å². The third kappa shape index (κ3) is 6.03. The number of carbonyl (C=O) groups excluding carboxylic acids is 1. The number of nitrogens with zero attached hydrogens (tertiary/aromatic N) is 1. The minimum absolute atomic E-state index is 0.0401. The molecule has 0 aliphatic carbocycles. The molecule has 1 N–H and O–H groups in total. The molecule has 0 saturated carbocycles. The van der Waals surface area contributed by atoms with Crippen molar-refractivity contribution in [1.82, 2.24) is 4.90 Å². The van der Waals surface area contributed by atoms with Gasteiger partial charge in [-0.1, -0.05) is 30.3 Å². The number of amides is 1. The van der Waals surface area contributed by atoms with Gasteiger partial charge in [0.05, 0.1) is 6.10 Å². The Morgan fingerprint density at radius 2 is 1.83 bits per heavy atom. The topological polar surface area (TPSA) is 76.1 Å². The van der Waals surface area contributed by atoms with Gasteiger partial charge in [0.25, 0.3) is 5.91 Å². The zero-order chi connectivity index (χ0) is 25.9. The third-order valence-corrected chi connectivity index (χ3v) is 6.03. The Balaban J connectivity index is 1.50. The normalized spacial score (nSPS) is 16.4. The standard InChI is InChI=1S/C29H30FNO5/c1-19(2)35-24-11-8-20(9-12-24)17-31(18-27(32)33)28(34)21-10-13-26-23(14-21)16-29(3,36-26)15-22-6-4-5-7-25(22)30/h4-14,19H,15-18H2,1-3H3,(H,32,33). The van der Waals surface area contributed by atoms with Crippen LogP contribution in [0.4, 0.5) is 4.39 Å². The summed E-state index contributed by atoms with van der Waals surface area (Å²) in [5, 5.41) is 9.42. The lowest BCUT2D eigenvalue weighted by molar-refractivity contribution is -0.137. The zero-order valence-electron chi connectivity index (χ0n) is 20.7. The second-order valence-corrected chi connectivity index (χ2v) is 9.68. The minimum Gasteiger partial charge on any atom is -0.491 e. The maximum atomic E-state index is 14.2. The van der Waals surface area contributed by atoms with Gasteiger partial charge in [0.15, 0.2) is 0 Å². The van der Waals surface area contributed by atoms with Gasteiger partial charge >= 0.3 is 5.97 Å². The zero-order valence-corrected chi connectivity index (χ0v) is 20.7. The van der Waals surface area contributed by atoms with E-state index in [-0.39, 0.29) is 24.4 Å². The molecule has 7 heteroatoms. The molecule has 0 aromatic heterocycles. The van der Waals surface area contributed by atoms with Crippen molar-refractivity contribution in [2.24, 2.45) is 0 Å². The first-order valence-electron chi connectivity index (χ1n) is 11.9. The highest BCUT2D eigenvalue weighted by molar-refractivity contribution is 5.96. The number of rotatable bonds is 9. The first kappa shape index (κ1) is 25.2. The van der Waals surface area contributed by atoms with Crippen LogP contribution < -0.4 is 9.47 Å². The van der Waals surface area contributed by atoms with Crippen LogP contribution in [0.5, 0.6) is 11.5 Å². The van der Waals surface area contributed by atoms with Crippen molar-refractivity contribution in [2.75, 3.05) is 6.54 Å². The van der Waals surface area contributed by atoms with Crippen molar-refractivity contribution in [2.45, 2.75) is 51.9 Å². The fraction of sp³-hybridized carbons (Fsp3) is 0.310. The predicted octanol–water partition coefficient (Wildman–Crippen LogP) is 5.28. The number of benzene rings is 3. The second-order valence-electron chi connectivity index (χ2n) is 9.68. The number of carboxylic acid groups (broad SMARTS) is 1. The quantitative estimate of drug-likeness (QED) is 0.441. The van der Waals surface area contributed by atoms with E-state index >= 15 is 0 Å². The molecule has 1 aliphatic rings. The first-order chi connectivity index (χ1) is 17.1. The third-order valence-electron chi connectivity index (χ3n) is 6.03. The Bertz CT molecular complexity index is 1260. The number of hydrogen-bond donors (Lipinski definition) is 1. The van der Waals surface area contributed by atoms with E-state index in [0.29, 0.717) is 35.5 Å². The Hall–Kier alpha value is -3.87. The van der Waals surface area contributed by atoms with Gasteiger partial charge in [-0.15, -0.1) is 0 Å². The summed E-state index contributed by atoms with van der Waals surface area (Å²) >= 11 is 0. The van der Waals surface area contributed by atoms with Crippen LogP contribution in [0, 0.1) is 5.82 Å². The molecule has 0 bridgehead atoms. The summed E-state index contributed by atoms with van der Waals surface area (Å²) < 4.78 is 26.0. The van der Waals surface area contributed by atoms with Gasteiger partial charge in [-0.25, -0.2) is 4.39 Å². The minimum atomic E-state index is -1.09. The van der Waals surface area contributed by atoms with Crippen molar-refractivity contribution < 1.29 is 28.6 Å². The van der Waals surface area contributed by atoms with Gasteiger partial charge < -0.3 is 19.5 Å². The summed E-state index contributed by atoms with van der Waals surface area (Å²) in [6.07, 6.45) is 0.936. The number of halogens is 1. The Morgan fingerprint density at radius 3 is 2.50 bits per heavy atom. The fourth-order valence-corrected chi connectivity index (χ4v) is 4.51. The summed E-state index contributed by atoms with van der Waals surface area (Å²) in [5.41, 5.74) is 1.94. The summed E-state index contributed by atoms with van der Waals surface area (Å²) in [4.78, 5) is 26.2. The molecule has 6 nitrogen and oxygen atoms in total. The van der Waals surface area contributed by atoms with E-state index in [2.05, 4.69) is 0 Å². The van der Waals surface area contributed by atoms with Crippen LogP contribution in [-0.4, -0.2) is 40.1 Å². The number of aliphatic carboxylic acids is 1. The number of carboxylic acids is 1. The monoisotopic (exact) mass is 491 g/mol. The summed E-state index contributed by atoms with van der Waals surface area (Å²) in [7, 11) is 0. The Kier molecular flexibility index (Phi) is 7.29. The molecule has 1 aliphatic heterocycles. The van der Waals surface area contributed by atoms with Crippen molar-refractivity contribution >= 4 is 11.9 Å². The van der Waals surface area contributed by atoms with E-state index in [9.17, 15) is 19.1 Å². The van der Waals surface area contributed by atoms with E-state index in [1.165, 1.54) is 11.0 Å². The van der Waals surface area contributed by atoms with Gasteiger partial charge in [-0.2, -0.15) is 0 Å². The molecule has 3 aromatic carbocycles. The van der Waals surface area contributed by atoms with Gasteiger partial charge in [0.1, 0.15) is 29.5 Å². The molecule has 0 fully saturated rings. The van der Waals surface area contributed by atoms with Crippen molar-refractivity contribution in [1.29, 1.82) is 0 Å². The van der Waals surface area contributed by atoms with Crippen molar-refractivity contribution in [3.8, 4) is 11.5 Å². The summed E-state index contributed by atoms with van der Waals surface area (Å²) in [5.74, 6) is -0.393. The maximum Gasteiger partial charge on any atom is 0.323 e. The highest BCUT2D eigenvalue weighted by Gasteiger charge is 2.36. The molecule has 0 saturated heterocycles. The molecule has 0 spiro atoms. The lowest BCUT2D eigenvalue weighted by Crippen LogP contribution is -2.35. The molecule has 1 atom stereocenters. The molecule has 36 heavy (non-hydrogen) atoms. The molecule has 1 heterocycles. The van der Waals surface area contributed by atoms with Crippen LogP contribution in [0.2, 0.25) is 0 Å². The van der Waals surface area contributed by atoms with Crippen LogP contribution in [0.3, 0.4) is 0 Å². The highest BCUT2D eigenvalue weighted by atomic mass is 19.1. The second kappa shape index (κ2) is 10.4. The van der Waals surface area contributed by atoms with Crippen LogP contribution >= 0.6 is 0 Å². The van der Waals surface area contributed by atoms with Gasteiger partial charge in [0, 0.05) is 24.9 Å². The van der Waals surface area contributed by atoms with Crippen LogP contribution in [0.1, 0.15) is 47.8 Å². The molecule has 4 rings (SSSR count). The summed E-state index contributed by atoms with van der Waals surface area (Å²) in [6, 6.07) is 19.0. The maximum absolute atomic E-state index is 14.2. The van der Waals surface area contributed by atoms with Crippen molar-refractivity contribution in [3.05, 3.63) is 94.8 Å². The van der Waals surface area contributed by atoms with E-state index < -0.39 is 18.1 Å². The lowest BCUT2D eigenvalue weighted by atomic mass is 9.91. The Morgan fingerprint density at radius 1 is 1.11 bits per heavy atom. The summed E-state index contributed by atoms with van der Waals surface area (Å²) in [6.45, 7) is 5.51. The number of hydrogen-bond acceptors (Lipinski definition) is 4. The smallest absolute Gasteiger partial charge is 0.323 e. The molecular formula is C29H30FNO5. The van der Waals surface area contributed by atoms with E-state index in [0.717, 1.165) is 11.1 Å². The predicted molar refractivity (Wildman–Crippen MR) is 134 cm³/mol. The van der Waals surface area contributed by atoms with Gasteiger partial charge in [0.2, 0.25) is 0 Å². The fourth-order valence-electron chi connectivity index (χ4n) is 4.51. The molecule has 188 valence electrons. The van der Waals surface area contributed by atoms with Crippen molar-refractivity contribution in [3.63, 3.8) is 0 Å². The average Bonchev–Trinajstić information content (AvgIpc) is 3.15. The molecule has 3 aromatic rings. The number of fused-ring (bicyclic) bond motifs is 1. The number of carbonyl (C=O) groups is 2. The van der Waals surface area contributed by atoms with Crippen LogP contribution in [-0.2, 0) is 24.2 Å². The van der Waals surface area contributed by atoms with E-state index in [1.54, 1.807) is 36.4 Å². The van der Waals surface area contributed by atoms with Gasteiger partial charge in [-0.05, 0) is 73.9 Å². The molecule has 1 unspecified atom stereocenters. The molecule has 0 radical (unpaired) electrons. The highest BCUT2D eigenvalue weighted by Crippen LogP contribution is 2.38. The first-order valence-corrected chi connectivity index (χ1v) is 11.9. The molecular weight excluding hydrogens is 461 g/mol. The van der Waals surface area contributed by atoms with E-state index in [1.807, 2.05) is 45.0 Å². The average molecular weight is 492 g/mol. The SMILES string of the molecule is CC(C)Oc1ccc(CN(CC(=O)O)C(=O)c2ccc3c(c2)CC(C)(Cc2ccccc2F)O3)cc1. The van der Waals surface area contributed by atoms with E-state index in [4.69, 9.17) is 9.47 Å². The largest absolute Gasteiger partial charge is 0.491 e.